The van der Waals surface area contributed by atoms with Gasteiger partial charge in [0.25, 0.3) is 16.0 Å². The molecule has 0 spiro atoms. The zero-order valence-electron chi connectivity index (χ0n) is 21.0. The van der Waals surface area contributed by atoms with Crippen LogP contribution in [0.3, 0.4) is 0 Å². The van der Waals surface area contributed by atoms with E-state index in [4.69, 9.17) is 27.9 Å². The average Bonchev–Trinajstić information content (AvgIpc) is 2.86. The molecule has 39 heavy (non-hydrogen) atoms. The summed E-state index contributed by atoms with van der Waals surface area (Å²) in [6.45, 7) is 3.72. The summed E-state index contributed by atoms with van der Waals surface area (Å²) in [5, 5.41) is 25.4. The third-order valence-corrected chi connectivity index (χ3v) is 7.09. The Bertz CT molecular complexity index is 1710. The fourth-order valence-electron chi connectivity index (χ4n) is 3.66. The van der Waals surface area contributed by atoms with Crippen LogP contribution in [0.25, 0.3) is 10.8 Å². The number of nitrogens with one attached hydrogen (secondary N) is 1. The molecule has 0 aromatic heterocycles. The van der Waals surface area contributed by atoms with Crippen molar-refractivity contribution in [2.24, 2.45) is 10.2 Å². The standard InChI is InChI=1S/C26H21Cl2N3O6S.Na/c1-3-37-22-12-16(8-9-19(22)27)29-26(33)18-11-15-6-4-5-7-17(15)24(25(18)32)31-30-21-13-20(28)14(2)10-23(21)38(34,35)36;/h4-13,32H,3H2,1-2H3,(H,29,33)(H,34,35,36);/q;+1/p-1. The Balaban J connectivity index is 0.00000420. The van der Waals surface area contributed by atoms with E-state index in [9.17, 15) is 22.9 Å². The number of hydrogen-bond donors (Lipinski definition) is 2. The van der Waals surface area contributed by atoms with Crippen molar-refractivity contribution in [3.05, 3.63) is 81.8 Å². The zero-order chi connectivity index (χ0) is 27.6. The minimum atomic E-state index is -4.67. The zero-order valence-corrected chi connectivity index (χ0v) is 25.4. The molecule has 0 saturated carbocycles. The summed E-state index contributed by atoms with van der Waals surface area (Å²) >= 11 is 12.2. The molecule has 1 amide bonds. The quantitative estimate of drug-likeness (QED) is 0.189. The monoisotopic (exact) mass is 595 g/mol. The van der Waals surface area contributed by atoms with E-state index >= 15 is 0 Å². The van der Waals surface area contributed by atoms with Crippen molar-refractivity contribution in [3.63, 3.8) is 0 Å². The molecule has 0 aliphatic heterocycles. The van der Waals surface area contributed by atoms with Crippen LogP contribution in [0.1, 0.15) is 22.8 Å². The van der Waals surface area contributed by atoms with Gasteiger partial charge < -0.3 is 15.2 Å². The molecule has 0 aliphatic carbocycles. The number of hydrogen-bond acceptors (Lipinski definition) is 7. The van der Waals surface area contributed by atoms with E-state index in [1.54, 1.807) is 50.2 Å². The van der Waals surface area contributed by atoms with E-state index < -0.39 is 26.7 Å². The smallest absolute Gasteiger partial charge is 0.870 e. The molecule has 4 aromatic carbocycles. The van der Waals surface area contributed by atoms with Gasteiger partial charge in [-0.1, -0.05) is 53.2 Å². The number of azo groups is 1. The van der Waals surface area contributed by atoms with Crippen molar-refractivity contribution in [2.75, 3.05) is 11.9 Å². The van der Waals surface area contributed by atoms with Crippen LogP contribution in [0.4, 0.5) is 17.1 Å². The molecular weight excluding hydrogens is 576 g/mol. The summed E-state index contributed by atoms with van der Waals surface area (Å²) in [6, 6.07) is 15.1. The first-order chi connectivity index (χ1) is 18.0. The third-order valence-electron chi connectivity index (χ3n) is 5.48. The molecule has 4 aromatic rings. The molecule has 0 atom stereocenters. The van der Waals surface area contributed by atoms with Crippen LogP contribution < -0.4 is 44.7 Å². The van der Waals surface area contributed by atoms with E-state index in [2.05, 4.69) is 15.5 Å². The largest absolute Gasteiger partial charge is 1.00 e. The summed E-state index contributed by atoms with van der Waals surface area (Å²) in [5.41, 5.74) is 0.0538. The number of carbonyl (C=O) groups excluding carboxylic acids is 1. The summed E-state index contributed by atoms with van der Waals surface area (Å²) in [5.74, 6) is -1.08. The summed E-state index contributed by atoms with van der Waals surface area (Å²) in [7, 11) is -4.67. The van der Waals surface area contributed by atoms with Crippen molar-refractivity contribution >= 4 is 67.1 Å². The number of benzene rings is 4. The van der Waals surface area contributed by atoms with Crippen LogP contribution >= 0.6 is 23.2 Å². The van der Waals surface area contributed by atoms with Crippen molar-refractivity contribution in [1.29, 1.82) is 0 Å². The van der Waals surface area contributed by atoms with Crippen LogP contribution in [0.15, 0.2) is 75.8 Å². The maximum absolute atomic E-state index is 13.4. The normalized spacial score (nSPS) is 11.4. The van der Waals surface area contributed by atoms with Crippen LogP contribution in [0, 0.1) is 6.92 Å². The Morgan fingerprint density at radius 2 is 1.77 bits per heavy atom. The minimum Gasteiger partial charge on any atom is -0.870 e. The van der Waals surface area contributed by atoms with Crippen LogP contribution in [-0.4, -0.2) is 25.5 Å². The van der Waals surface area contributed by atoms with Gasteiger partial charge in [-0.15, -0.1) is 5.11 Å². The van der Waals surface area contributed by atoms with Gasteiger partial charge in [-0.2, -0.15) is 13.5 Å². The van der Waals surface area contributed by atoms with Gasteiger partial charge in [-0.3, -0.25) is 9.35 Å². The second kappa shape index (κ2) is 12.6. The average molecular weight is 596 g/mol. The fraction of sp³-hybridized carbons (Fsp3) is 0.115. The number of nitrogens with zero attached hydrogens (tertiary/aromatic N) is 2. The molecule has 0 radical (unpaired) electrons. The van der Waals surface area contributed by atoms with E-state index in [0.717, 1.165) is 6.07 Å². The van der Waals surface area contributed by atoms with Gasteiger partial charge in [0, 0.05) is 27.7 Å². The molecule has 4 rings (SSSR count). The van der Waals surface area contributed by atoms with Gasteiger partial charge in [-0.25, -0.2) is 0 Å². The predicted molar refractivity (Wildman–Crippen MR) is 144 cm³/mol. The van der Waals surface area contributed by atoms with Crippen molar-refractivity contribution < 1.29 is 57.2 Å². The van der Waals surface area contributed by atoms with Crippen molar-refractivity contribution in [2.45, 2.75) is 18.7 Å². The minimum absolute atomic E-state index is 0. The molecule has 0 fully saturated rings. The van der Waals surface area contributed by atoms with E-state index in [0.29, 0.717) is 39.4 Å². The van der Waals surface area contributed by atoms with Gasteiger partial charge in [0.15, 0.2) is 0 Å². The Morgan fingerprint density at radius 3 is 2.46 bits per heavy atom. The second-order valence-electron chi connectivity index (χ2n) is 8.10. The van der Waals surface area contributed by atoms with E-state index in [1.807, 2.05) is 0 Å². The van der Waals surface area contributed by atoms with Crippen LogP contribution in [0.5, 0.6) is 11.5 Å². The SMILES string of the molecule is CCOc1cc(NC(=O)c2cc3ccccc3c(N=Nc3cc(Cl)c(C)cc3S(=O)(=O)O)c2[O-])ccc1Cl.[Na+]. The molecule has 0 unspecified atom stereocenters. The number of rotatable bonds is 7. The molecule has 0 aliphatic rings. The Kier molecular flexibility index (Phi) is 10.0. The number of amides is 1. The number of halogens is 2. The number of ether oxygens (including phenoxy) is 1. The van der Waals surface area contributed by atoms with E-state index in [-0.39, 0.29) is 51.5 Å². The predicted octanol–water partition coefficient (Wildman–Crippen LogP) is 3.85. The van der Waals surface area contributed by atoms with Crippen molar-refractivity contribution in [1.82, 2.24) is 0 Å². The summed E-state index contributed by atoms with van der Waals surface area (Å²) in [6.07, 6.45) is 0. The van der Waals surface area contributed by atoms with Gasteiger partial charge in [0.2, 0.25) is 0 Å². The topological polar surface area (TPSA) is 140 Å². The van der Waals surface area contributed by atoms with Crippen molar-refractivity contribution in [3.8, 4) is 11.5 Å². The fourth-order valence-corrected chi connectivity index (χ4v) is 4.68. The molecule has 196 valence electrons. The summed E-state index contributed by atoms with van der Waals surface area (Å²) < 4.78 is 38.9. The maximum atomic E-state index is 13.4. The Hall–Kier alpha value is -2.70. The third kappa shape index (κ3) is 6.90. The molecular formula is C26H20Cl2N3NaO6S. The van der Waals surface area contributed by atoms with Gasteiger partial charge in [0.05, 0.1) is 17.3 Å². The van der Waals surface area contributed by atoms with Gasteiger partial charge in [0.1, 0.15) is 16.3 Å². The maximum Gasteiger partial charge on any atom is 1.00 e. The molecule has 0 heterocycles. The molecule has 0 saturated heterocycles. The number of anilines is 1. The second-order valence-corrected chi connectivity index (χ2v) is 10.3. The molecule has 13 heteroatoms. The first-order valence-electron chi connectivity index (χ1n) is 11.2. The van der Waals surface area contributed by atoms with Crippen LogP contribution in [-0.2, 0) is 10.1 Å². The Morgan fingerprint density at radius 1 is 1.05 bits per heavy atom. The number of carbonyl (C=O) groups is 1. The first-order valence-corrected chi connectivity index (χ1v) is 13.3. The molecule has 0 bridgehead atoms. The number of fused-ring (bicyclic) bond motifs is 1. The van der Waals surface area contributed by atoms with Gasteiger partial charge >= 0.3 is 29.6 Å². The summed E-state index contributed by atoms with van der Waals surface area (Å²) in [4.78, 5) is 12.6. The molecule has 9 nitrogen and oxygen atoms in total. The Labute approximate surface area is 256 Å². The van der Waals surface area contributed by atoms with Gasteiger partial charge in [-0.05, 0) is 55.1 Å². The van der Waals surface area contributed by atoms with E-state index in [1.165, 1.54) is 18.2 Å². The molecule has 2 N–H and O–H groups in total. The first kappa shape index (κ1) is 30.8. The van der Waals surface area contributed by atoms with Crippen LogP contribution in [0.2, 0.25) is 10.0 Å². The number of aryl methyl sites for hydroxylation is 1.